The van der Waals surface area contributed by atoms with Crippen molar-refractivity contribution >= 4 is 11.9 Å². The third-order valence-electron chi connectivity index (χ3n) is 5.18. The molecule has 2 N–H and O–H groups in total. The van der Waals surface area contributed by atoms with E-state index in [1.54, 1.807) is 0 Å². The number of hydrogen-bond donors (Lipinski definition) is 2. The number of piperidine rings is 1. The van der Waals surface area contributed by atoms with Crippen LogP contribution >= 0.6 is 0 Å². The summed E-state index contributed by atoms with van der Waals surface area (Å²) < 4.78 is 1.31. The first-order valence-electron chi connectivity index (χ1n) is 7.46. The first kappa shape index (κ1) is 13.3. The van der Waals surface area contributed by atoms with E-state index in [0.717, 1.165) is 17.7 Å². The fraction of sp³-hybridized carbons (Fsp3) is 0.571. The van der Waals surface area contributed by atoms with E-state index in [2.05, 4.69) is 22.0 Å². The normalized spacial score (nSPS) is 23.1. The molecule has 1 unspecified atom stereocenters. The number of carbonyl (C=O) groups is 1. The molecule has 0 bridgehead atoms. The lowest BCUT2D eigenvalue weighted by molar-refractivity contribution is 0.115. The Bertz CT molecular complexity index is 815. The van der Waals surface area contributed by atoms with Crippen molar-refractivity contribution < 1.29 is 9.90 Å². The van der Waals surface area contributed by atoms with E-state index < -0.39 is 6.09 Å². The van der Waals surface area contributed by atoms with Crippen molar-refractivity contribution in [3.63, 3.8) is 0 Å². The molecule has 2 aromatic rings. The van der Waals surface area contributed by atoms with Gasteiger partial charge in [-0.1, -0.05) is 6.92 Å². The zero-order valence-corrected chi connectivity index (χ0v) is 12.2. The minimum atomic E-state index is -0.887. The molecule has 8 heteroatoms. The van der Waals surface area contributed by atoms with Crippen LogP contribution in [0.2, 0.25) is 0 Å². The molecule has 22 heavy (non-hydrogen) atoms. The van der Waals surface area contributed by atoms with E-state index in [1.165, 1.54) is 15.7 Å². The maximum Gasteiger partial charge on any atom is 0.407 e. The number of aromatic nitrogens is 4. The monoisotopic (exact) mass is 303 g/mol. The van der Waals surface area contributed by atoms with Gasteiger partial charge < -0.3 is 15.0 Å². The summed E-state index contributed by atoms with van der Waals surface area (Å²) >= 11 is 0. The fourth-order valence-electron chi connectivity index (χ4n) is 4.13. The number of H-pyrrole nitrogens is 1. The molecule has 1 spiro atoms. The second kappa shape index (κ2) is 4.31. The summed E-state index contributed by atoms with van der Waals surface area (Å²) in [6, 6.07) is 0. The number of rotatable bonds is 0. The maximum atomic E-state index is 12.8. The molecule has 2 aliphatic rings. The van der Waals surface area contributed by atoms with Crippen LogP contribution in [0.3, 0.4) is 0 Å². The molecule has 1 atom stereocenters. The summed E-state index contributed by atoms with van der Waals surface area (Å²) in [5.74, 6) is 0.705. The molecule has 3 heterocycles. The summed E-state index contributed by atoms with van der Waals surface area (Å²) in [4.78, 5) is 32.7. The van der Waals surface area contributed by atoms with Gasteiger partial charge >= 0.3 is 6.09 Å². The highest BCUT2D eigenvalue weighted by molar-refractivity contribution is 5.65. The Balaban J connectivity index is 1.83. The molecule has 1 saturated heterocycles. The van der Waals surface area contributed by atoms with E-state index in [-0.39, 0.29) is 16.9 Å². The number of amides is 1. The smallest absolute Gasteiger partial charge is 0.407 e. The number of carboxylic acid groups (broad SMARTS) is 1. The number of hydrogen-bond acceptors (Lipinski definition) is 4. The maximum absolute atomic E-state index is 12.8. The largest absolute Gasteiger partial charge is 0.465 e. The summed E-state index contributed by atoms with van der Waals surface area (Å²) in [5.41, 5.74) is 1.36. The van der Waals surface area contributed by atoms with Crippen LogP contribution in [0.15, 0.2) is 11.1 Å². The Morgan fingerprint density at radius 1 is 1.45 bits per heavy atom. The average Bonchev–Trinajstić information content (AvgIpc) is 3.05. The lowest BCUT2D eigenvalue weighted by Gasteiger charge is -2.38. The first-order chi connectivity index (χ1) is 10.5. The quantitative estimate of drug-likeness (QED) is 0.753. The Morgan fingerprint density at radius 3 is 2.86 bits per heavy atom. The molecular weight excluding hydrogens is 286 g/mol. The zero-order valence-electron chi connectivity index (χ0n) is 12.2. The molecule has 116 valence electrons. The molecule has 1 amide bonds. The highest BCUT2D eigenvalue weighted by Crippen LogP contribution is 2.49. The third kappa shape index (κ3) is 1.63. The number of aromatic amines is 1. The predicted molar refractivity (Wildman–Crippen MR) is 77.1 cm³/mol. The first-order valence-corrected chi connectivity index (χ1v) is 7.46. The van der Waals surface area contributed by atoms with Crippen LogP contribution in [-0.4, -0.2) is 48.8 Å². The van der Waals surface area contributed by atoms with Gasteiger partial charge in [0.25, 0.3) is 5.56 Å². The third-order valence-corrected chi connectivity index (χ3v) is 5.18. The van der Waals surface area contributed by atoms with Crippen LogP contribution in [0.25, 0.3) is 5.78 Å². The van der Waals surface area contributed by atoms with Crippen LogP contribution in [-0.2, 0) is 5.41 Å². The summed E-state index contributed by atoms with van der Waals surface area (Å²) in [5, 5.41) is 13.1. The van der Waals surface area contributed by atoms with Gasteiger partial charge in [-0.2, -0.15) is 14.6 Å². The van der Waals surface area contributed by atoms with E-state index in [1.807, 2.05) is 0 Å². The highest BCUT2D eigenvalue weighted by Gasteiger charge is 2.47. The van der Waals surface area contributed by atoms with Gasteiger partial charge in [-0.05, 0) is 25.2 Å². The van der Waals surface area contributed by atoms with Gasteiger partial charge in [0.2, 0.25) is 5.78 Å². The molecular formula is C14H17N5O3. The van der Waals surface area contributed by atoms with Crippen molar-refractivity contribution in [1.29, 1.82) is 0 Å². The van der Waals surface area contributed by atoms with Crippen LogP contribution in [0.5, 0.6) is 0 Å². The molecule has 0 saturated carbocycles. The lowest BCUT2D eigenvalue weighted by atomic mass is 9.74. The van der Waals surface area contributed by atoms with Crippen LogP contribution in [0.1, 0.15) is 43.4 Å². The van der Waals surface area contributed by atoms with Crippen molar-refractivity contribution in [2.45, 2.75) is 37.5 Å². The van der Waals surface area contributed by atoms with E-state index in [9.17, 15) is 9.59 Å². The predicted octanol–water partition coefficient (Wildman–Crippen LogP) is 0.936. The van der Waals surface area contributed by atoms with E-state index in [4.69, 9.17) is 5.11 Å². The van der Waals surface area contributed by atoms with Gasteiger partial charge in [-0.25, -0.2) is 4.79 Å². The van der Waals surface area contributed by atoms with Crippen LogP contribution in [0, 0.1) is 0 Å². The van der Waals surface area contributed by atoms with Gasteiger partial charge in [-0.15, -0.1) is 0 Å². The van der Waals surface area contributed by atoms with Gasteiger partial charge in [0.15, 0.2) is 0 Å². The van der Waals surface area contributed by atoms with Crippen molar-refractivity contribution in [2.75, 3.05) is 13.1 Å². The second-order valence-corrected chi connectivity index (χ2v) is 6.37. The van der Waals surface area contributed by atoms with Gasteiger partial charge in [0, 0.05) is 29.8 Å². The van der Waals surface area contributed by atoms with Crippen molar-refractivity contribution in [1.82, 2.24) is 24.5 Å². The number of likely N-dealkylation sites (tertiary alicyclic amines) is 1. The SMILES string of the molecule is CC1CC2(CCN(C(=O)O)CC2)c2c1[nH]c1ncnn1c2=O. The Morgan fingerprint density at radius 2 is 2.18 bits per heavy atom. The number of nitrogens with zero attached hydrogens (tertiary/aromatic N) is 4. The van der Waals surface area contributed by atoms with E-state index in [0.29, 0.717) is 31.7 Å². The molecule has 1 fully saturated rings. The molecule has 0 aromatic carbocycles. The summed E-state index contributed by atoms with van der Waals surface area (Å²) in [6.07, 6.45) is 2.71. The molecule has 4 rings (SSSR count). The van der Waals surface area contributed by atoms with Gasteiger partial charge in [0.1, 0.15) is 6.33 Å². The van der Waals surface area contributed by atoms with Gasteiger partial charge in [0.05, 0.1) is 0 Å². The van der Waals surface area contributed by atoms with Crippen molar-refractivity contribution in [2.24, 2.45) is 0 Å². The Kier molecular flexibility index (Phi) is 2.60. The Hall–Kier alpha value is -2.38. The summed E-state index contributed by atoms with van der Waals surface area (Å²) in [7, 11) is 0. The lowest BCUT2D eigenvalue weighted by Crippen LogP contribution is -2.46. The number of fused-ring (bicyclic) bond motifs is 3. The molecule has 1 aliphatic carbocycles. The summed E-state index contributed by atoms with van der Waals surface area (Å²) in [6.45, 7) is 3.03. The Labute approximate surface area is 125 Å². The second-order valence-electron chi connectivity index (χ2n) is 6.37. The highest BCUT2D eigenvalue weighted by atomic mass is 16.4. The minimum absolute atomic E-state index is 0.116. The van der Waals surface area contributed by atoms with Crippen LogP contribution in [0.4, 0.5) is 4.79 Å². The number of nitrogens with one attached hydrogen (secondary N) is 1. The van der Waals surface area contributed by atoms with E-state index >= 15 is 0 Å². The average molecular weight is 303 g/mol. The van der Waals surface area contributed by atoms with Crippen LogP contribution < -0.4 is 5.56 Å². The van der Waals surface area contributed by atoms with Crippen molar-refractivity contribution in [3.8, 4) is 0 Å². The fourth-order valence-corrected chi connectivity index (χ4v) is 4.13. The topological polar surface area (TPSA) is 104 Å². The zero-order chi connectivity index (χ0) is 15.5. The molecule has 0 radical (unpaired) electrons. The van der Waals surface area contributed by atoms with Crippen molar-refractivity contribution in [3.05, 3.63) is 27.9 Å². The van der Waals surface area contributed by atoms with Gasteiger partial charge in [-0.3, -0.25) is 4.79 Å². The molecule has 1 aliphatic heterocycles. The standard InChI is InChI=1S/C14H17N5O3/c1-8-6-14(2-4-18(5-3-14)13(21)22)9-10(8)17-12-15-7-16-19(12)11(9)20/h7-8H,2-6H2,1H3,(H,21,22)(H,15,16,17). The molecule has 2 aromatic heterocycles. The molecule has 8 nitrogen and oxygen atoms in total. The minimum Gasteiger partial charge on any atom is -0.465 e.